The van der Waals surface area contributed by atoms with Crippen LogP contribution in [-0.2, 0) is 6.61 Å². The van der Waals surface area contributed by atoms with Crippen molar-refractivity contribution in [2.24, 2.45) is 5.10 Å². The van der Waals surface area contributed by atoms with Crippen LogP contribution < -0.4 is 14.9 Å². The number of ether oxygens (including phenoxy) is 2. The second-order valence-electron chi connectivity index (χ2n) is 6.81. The van der Waals surface area contributed by atoms with Crippen molar-refractivity contribution in [3.8, 4) is 11.5 Å². The van der Waals surface area contributed by atoms with E-state index in [1.165, 1.54) is 11.6 Å². The first-order chi connectivity index (χ1) is 15.4. The summed E-state index contributed by atoms with van der Waals surface area (Å²) in [4.78, 5) is 12.3. The molecule has 0 heterocycles. The van der Waals surface area contributed by atoms with Crippen LogP contribution in [0, 0.1) is 10.5 Å². The second-order valence-corrected chi connectivity index (χ2v) is 8.78. The molecular weight excluding hydrogens is 562 g/mol. The van der Waals surface area contributed by atoms with Gasteiger partial charge in [0.05, 0.1) is 26.4 Å². The summed E-state index contributed by atoms with van der Waals surface area (Å²) in [7, 11) is 0. The Bertz CT molecular complexity index is 1150. The quantitative estimate of drug-likeness (QED) is 0.184. The van der Waals surface area contributed by atoms with Crippen molar-refractivity contribution in [1.29, 1.82) is 0 Å². The molecule has 0 spiro atoms. The van der Waals surface area contributed by atoms with E-state index in [-0.39, 0.29) is 0 Å². The van der Waals surface area contributed by atoms with Crippen LogP contribution in [0.15, 0.2) is 59.7 Å². The normalized spacial score (nSPS) is 10.9. The van der Waals surface area contributed by atoms with Crippen molar-refractivity contribution in [1.82, 2.24) is 5.43 Å². The highest BCUT2D eigenvalue weighted by atomic mass is 127. The predicted molar refractivity (Wildman–Crippen MR) is 137 cm³/mol. The Hall–Kier alpha value is -2.29. The van der Waals surface area contributed by atoms with E-state index in [0.29, 0.717) is 40.3 Å². The van der Waals surface area contributed by atoms with Crippen LogP contribution in [-0.4, -0.2) is 18.7 Å². The minimum Gasteiger partial charge on any atom is -0.490 e. The molecule has 1 N–H and O–H groups in total. The molecule has 0 radical (unpaired) electrons. The fourth-order valence-electron chi connectivity index (χ4n) is 2.85. The highest BCUT2D eigenvalue weighted by molar-refractivity contribution is 14.1. The Morgan fingerprint density at radius 2 is 1.88 bits per heavy atom. The van der Waals surface area contributed by atoms with Gasteiger partial charge in [-0.15, -0.1) is 0 Å². The first-order valence-corrected chi connectivity index (χ1v) is 11.6. The number of rotatable bonds is 8. The largest absolute Gasteiger partial charge is 0.490 e. The smallest absolute Gasteiger partial charge is 0.271 e. The van der Waals surface area contributed by atoms with E-state index < -0.39 is 5.91 Å². The van der Waals surface area contributed by atoms with Gasteiger partial charge in [0.2, 0.25) is 0 Å². The van der Waals surface area contributed by atoms with Gasteiger partial charge < -0.3 is 9.47 Å². The fraction of sp³-hybridized carbons (Fsp3) is 0.167. The van der Waals surface area contributed by atoms with Gasteiger partial charge in [-0.3, -0.25) is 4.79 Å². The Morgan fingerprint density at radius 1 is 1.09 bits per heavy atom. The number of hydrogen-bond donors (Lipinski definition) is 1. The van der Waals surface area contributed by atoms with Gasteiger partial charge in [-0.05, 0) is 83.5 Å². The molecule has 0 aliphatic heterocycles. The molecule has 1 amide bonds. The van der Waals surface area contributed by atoms with Crippen molar-refractivity contribution < 1.29 is 14.3 Å². The number of amides is 1. The number of benzene rings is 3. The van der Waals surface area contributed by atoms with Crippen molar-refractivity contribution in [3.05, 3.63) is 90.5 Å². The third kappa shape index (κ3) is 6.37. The van der Waals surface area contributed by atoms with Crippen LogP contribution in [0.5, 0.6) is 11.5 Å². The number of nitrogens with one attached hydrogen (secondary N) is 1. The van der Waals surface area contributed by atoms with Gasteiger partial charge in [0.15, 0.2) is 11.5 Å². The van der Waals surface area contributed by atoms with Crippen molar-refractivity contribution >= 4 is 57.9 Å². The van der Waals surface area contributed by atoms with Gasteiger partial charge in [0.1, 0.15) is 6.61 Å². The summed E-state index contributed by atoms with van der Waals surface area (Å²) in [6, 6.07) is 16.5. The average molecular weight is 583 g/mol. The van der Waals surface area contributed by atoms with Crippen LogP contribution in [0.3, 0.4) is 0 Å². The Morgan fingerprint density at radius 3 is 2.59 bits per heavy atom. The van der Waals surface area contributed by atoms with E-state index in [0.717, 1.165) is 14.7 Å². The molecule has 8 heteroatoms. The van der Waals surface area contributed by atoms with E-state index in [9.17, 15) is 4.79 Å². The molecule has 3 rings (SSSR count). The summed E-state index contributed by atoms with van der Waals surface area (Å²) in [5.41, 5.74) is 5.89. The summed E-state index contributed by atoms with van der Waals surface area (Å²) in [6.45, 7) is 4.90. The van der Waals surface area contributed by atoms with E-state index in [4.69, 9.17) is 32.7 Å². The lowest BCUT2D eigenvalue weighted by molar-refractivity contribution is 0.0955. The summed E-state index contributed by atoms with van der Waals surface area (Å²) in [5.74, 6) is 0.899. The fourth-order valence-corrected chi connectivity index (χ4v) is 3.93. The Labute approximate surface area is 210 Å². The summed E-state index contributed by atoms with van der Waals surface area (Å²) < 4.78 is 12.8. The van der Waals surface area contributed by atoms with Gasteiger partial charge in [-0.1, -0.05) is 47.5 Å². The number of hydrogen-bond acceptors (Lipinski definition) is 4. The van der Waals surface area contributed by atoms with Crippen LogP contribution in [0.4, 0.5) is 0 Å². The molecule has 5 nitrogen and oxygen atoms in total. The molecule has 0 atom stereocenters. The van der Waals surface area contributed by atoms with E-state index in [1.807, 2.05) is 37.3 Å². The maximum Gasteiger partial charge on any atom is 0.271 e. The first-order valence-electron chi connectivity index (χ1n) is 9.81. The molecule has 0 saturated carbocycles. The molecular formula is C24H21Cl2IN2O3. The molecule has 0 unspecified atom stereocenters. The van der Waals surface area contributed by atoms with E-state index in [1.54, 1.807) is 18.3 Å². The number of hydrazone groups is 1. The van der Waals surface area contributed by atoms with Crippen LogP contribution >= 0.6 is 45.8 Å². The number of carbonyl (C=O) groups excluding carboxylic acids is 1. The third-order valence-corrected chi connectivity index (χ3v) is 6.07. The van der Waals surface area contributed by atoms with Crippen molar-refractivity contribution in [2.75, 3.05) is 6.61 Å². The molecule has 3 aromatic rings. The lowest BCUT2D eigenvalue weighted by atomic mass is 10.1. The maximum atomic E-state index is 12.3. The van der Waals surface area contributed by atoms with Gasteiger partial charge in [-0.2, -0.15) is 5.10 Å². The van der Waals surface area contributed by atoms with Gasteiger partial charge >= 0.3 is 0 Å². The monoisotopic (exact) mass is 582 g/mol. The molecule has 166 valence electrons. The maximum absolute atomic E-state index is 12.3. The zero-order valence-electron chi connectivity index (χ0n) is 17.5. The van der Waals surface area contributed by atoms with E-state index in [2.05, 4.69) is 46.1 Å². The molecule has 3 aromatic carbocycles. The number of halogens is 3. The predicted octanol–water partition coefficient (Wildman–Crippen LogP) is 6.65. The molecule has 0 bridgehead atoms. The zero-order chi connectivity index (χ0) is 23.1. The van der Waals surface area contributed by atoms with Crippen molar-refractivity contribution in [3.63, 3.8) is 0 Å². The SMILES string of the molecule is CCOc1cc(/C=N\NC(=O)c2ccc(Cl)c(Cl)c2)cc(I)c1OCc1ccccc1C. The molecule has 32 heavy (non-hydrogen) atoms. The molecule has 0 aliphatic carbocycles. The highest BCUT2D eigenvalue weighted by Gasteiger charge is 2.13. The Balaban J connectivity index is 1.73. The molecule has 0 aliphatic rings. The summed E-state index contributed by atoms with van der Waals surface area (Å²) in [5, 5.41) is 4.74. The zero-order valence-corrected chi connectivity index (χ0v) is 21.2. The molecule has 0 saturated heterocycles. The minimum absolute atomic E-state index is 0.306. The molecule has 0 aromatic heterocycles. The lowest BCUT2D eigenvalue weighted by Gasteiger charge is -2.15. The van der Waals surface area contributed by atoms with Gasteiger partial charge in [0, 0.05) is 5.56 Å². The van der Waals surface area contributed by atoms with E-state index >= 15 is 0 Å². The number of aryl methyl sites for hydroxylation is 1. The third-order valence-electron chi connectivity index (χ3n) is 4.53. The lowest BCUT2D eigenvalue weighted by Crippen LogP contribution is -2.17. The topological polar surface area (TPSA) is 59.9 Å². The van der Waals surface area contributed by atoms with Gasteiger partial charge in [-0.25, -0.2) is 5.43 Å². The summed E-state index contributed by atoms with van der Waals surface area (Å²) in [6.07, 6.45) is 1.55. The van der Waals surface area contributed by atoms with Crippen molar-refractivity contribution in [2.45, 2.75) is 20.5 Å². The standard InChI is InChI=1S/C24H21Cl2IN2O3/c1-3-31-22-11-16(13-28-29-24(30)17-8-9-19(25)20(26)12-17)10-21(27)23(22)32-14-18-7-5-4-6-15(18)2/h4-13H,3,14H2,1-2H3,(H,29,30)/b28-13-. The second kappa shape index (κ2) is 11.5. The van der Waals surface area contributed by atoms with Gasteiger partial charge in [0.25, 0.3) is 5.91 Å². The molecule has 0 fully saturated rings. The average Bonchev–Trinajstić information content (AvgIpc) is 2.76. The number of nitrogens with zero attached hydrogens (tertiary/aromatic N) is 1. The summed E-state index contributed by atoms with van der Waals surface area (Å²) >= 11 is 14.1. The highest BCUT2D eigenvalue weighted by Crippen LogP contribution is 2.34. The first kappa shape index (κ1) is 24.4. The van der Waals surface area contributed by atoms with Crippen LogP contribution in [0.1, 0.15) is 34.0 Å². The number of carbonyl (C=O) groups is 1. The minimum atomic E-state index is -0.391. The Kier molecular flexibility index (Phi) is 8.78. The van der Waals surface area contributed by atoms with Crippen LogP contribution in [0.25, 0.3) is 0 Å². The van der Waals surface area contributed by atoms with Crippen LogP contribution in [0.2, 0.25) is 10.0 Å².